The highest BCUT2D eigenvalue weighted by molar-refractivity contribution is 5.94. The van der Waals surface area contributed by atoms with Gasteiger partial charge in [0.15, 0.2) is 5.82 Å². The lowest BCUT2D eigenvalue weighted by molar-refractivity contribution is 0.0769. The number of amides is 1. The molecule has 7 heteroatoms. The van der Waals surface area contributed by atoms with Gasteiger partial charge in [0, 0.05) is 19.0 Å². The van der Waals surface area contributed by atoms with Crippen molar-refractivity contribution in [2.45, 2.75) is 26.5 Å². The van der Waals surface area contributed by atoms with Gasteiger partial charge in [0.2, 0.25) is 5.89 Å². The fourth-order valence-corrected chi connectivity index (χ4v) is 2.46. The fraction of sp³-hybridized carbons (Fsp3) is 0.250. The van der Waals surface area contributed by atoms with Crippen molar-refractivity contribution in [3.63, 3.8) is 0 Å². The van der Waals surface area contributed by atoms with Crippen molar-refractivity contribution in [1.29, 1.82) is 0 Å². The molecule has 0 unspecified atom stereocenters. The highest BCUT2D eigenvalue weighted by Gasteiger charge is 2.16. The van der Waals surface area contributed by atoms with Gasteiger partial charge in [-0.1, -0.05) is 30.3 Å². The molecule has 0 saturated heterocycles. The summed E-state index contributed by atoms with van der Waals surface area (Å²) in [6.07, 6.45) is 0.675. The molecule has 2 aromatic carbocycles. The minimum absolute atomic E-state index is 0.182. The van der Waals surface area contributed by atoms with Gasteiger partial charge >= 0.3 is 0 Å². The molecule has 27 heavy (non-hydrogen) atoms. The van der Waals surface area contributed by atoms with Gasteiger partial charge in [0.1, 0.15) is 18.2 Å². The zero-order valence-electron chi connectivity index (χ0n) is 15.2. The van der Waals surface area contributed by atoms with Crippen LogP contribution in [0.5, 0.6) is 5.75 Å². The first-order valence-corrected chi connectivity index (χ1v) is 8.59. The number of carbonyl (C=O) groups is 1. The molecule has 140 valence electrons. The molecule has 1 heterocycles. The lowest BCUT2D eigenvalue weighted by Crippen LogP contribution is -2.26. The average Bonchev–Trinajstić information content (AvgIpc) is 3.14. The van der Waals surface area contributed by atoms with Crippen LogP contribution in [0.4, 0.5) is 4.39 Å². The van der Waals surface area contributed by atoms with Crippen molar-refractivity contribution in [2.75, 3.05) is 7.05 Å². The fourth-order valence-electron chi connectivity index (χ4n) is 2.46. The Balaban J connectivity index is 1.62. The normalized spacial score (nSPS) is 10.6. The SMILES string of the molecule is CCc1noc(CN(C)C(=O)c2cccc(OCc3ccc(F)cc3)c2)n1. The van der Waals surface area contributed by atoms with Crippen LogP contribution < -0.4 is 4.74 Å². The standard InChI is InChI=1S/C20H20FN3O3/c1-3-18-22-19(27-23-18)12-24(2)20(25)15-5-4-6-17(11-15)26-13-14-7-9-16(21)10-8-14/h4-11H,3,12-13H2,1-2H3. The van der Waals surface area contributed by atoms with Crippen LogP contribution in [0, 0.1) is 5.82 Å². The molecule has 0 aliphatic rings. The maximum Gasteiger partial charge on any atom is 0.254 e. The topological polar surface area (TPSA) is 68.5 Å². The van der Waals surface area contributed by atoms with Crippen LogP contribution in [-0.4, -0.2) is 28.0 Å². The second kappa shape index (κ2) is 8.44. The molecular formula is C20H20FN3O3. The number of aromatic nitrogens is 2. The third kappa shape index (κ3) is 4.91. The van der Waals surface area contributed by atoms with E-state index >= 15 is 0 Å². The quantitative estimate of drug-likeness (QED) is 0.636. The second-order valence-electron chi connectivity index (χ2n) is 6.06. The van der Waals surface area contributed by atoms with E-state index < -0.39 is 0 Å². The Morgan fingerprint density at radius 3 is 2.70 bits per heavy atom. The molecule has 0 saturated carbocycles. The largest absolute Gasteiger partial charge is 0.489 e. The van der Waals surface area contributed by atoms with Gasteiger partial charge in [0.05, 0.1) is 6.54 Å². The summed E-state index contributed by atoms with van der Waals surface area (Å²) in [5.74, 6) is 1.10. The van der Waals surface area contributed by atoms with Crippen LogP contribution in [0.2, 0.25) is 0 Å². The lowest BCUT2D eigenvalue weighted by Gasteiger charge is -2.15. The van der Waals surface area contributed by atoms with Gasteiger partial charge in [-0.05, 0) is 35.9 Å². The zero-order chi connectivity index (χ0) is 19.2. The Morgan fingerprint density at radius 1 is 1.22 bits per heavy atom. The monoisotopic (exact) mass is 369 g/mol. The maximum atomic E-state index is 12.9. The summed E-state index contributed by atoms with van der Waals surface area (Å²) in [5, 5.41) is 3.82. The van der Waals surface area contributed by atoms with Crippen molar-refractivity contribution in [3.05, 3.63) is 77.2 Å². The van der Waals surface area contributed by atoms with E-state index in [0.29, 0.717) is 29.4 Å². The van der Waals surface area contributed by atoms with Crippen LogP contribution in [-0.2, 0) is 19.6 Å². The Bertz CT molecular complexity index is 909. The van der Waals surface area contributed by atoms with E-state index in [4.69, 9.17) is 9.26 Å². The van der Waals surface area contributed by atoms with E-state index in [1.165, 1.54) is 17.0 Å². The third-order valence-electron chi connectivity index (χ3n) is 3.95. The number of nitrogens with zero attached hydrogens (tertiary/aromatic N) is 3. The third-order valence-corrected chi connectivity index (χ3v) is 3.95. The van der Waals surface area contributed by atoms with Gasteiger partial charge in [-0.15, -0.1) is 0 Å². The number of rotatable bonds is 7. The van der Waals surface area contributed by atoms with Crippen molar-refractivity contribution in [2.24, 2.45) is 0 Å². The molecule has 0 fully saturated rings. The Hall–Kier alpha value is -3.22. The summed E-state index contributed by atoms with van der Waals surface area (Å²) < 4.78 is 23.8. The molecule has 0 spiro atoms. The second-order valence-corrected chi connectivity index (χ2v) is 6.06. The summed E-state index contributed by atoms with van der Waals surface area (Å²) >= 11 is 0. The van der Waals surface area contributed by atoms with Crippen LogP contribution in [0.3, 0.4) is 0 Å². The molecular weight excluding hydrogens is 349 g/mol. The molecule has 1 amide bonds. The van der Waals surface area contributed by atoms with Crippen LogP contribution >= 0.6 is 0 Å². The van der Waals surface area contributed by atoms with Crippen LogP contribution in [0.1, 0.15) is 34.6 Å². The molecule has 3 aromatic rings. The summed E-state index contributed by atoms with van der Waals surface area (Å²) in [6.45, 7) is 2.45. The van der Waals surface area contributed by atoms with Gasteiger partial charge in [-0.2, -0.15) is 4.98 Å². The first-order valence-electron chi connectivity index (χ1n) is 8.59. The van der Waals surface area contributed by atoms with E-state index in [1.54, 1.807) is 43.4 Å². The molecule has 0 aliphatic heterocycles. The van der Waals surface area contributed by atoms with Crippen molar-refractivity contribution < 1.29 is 18.4 Å². The zero-order valence-corrected chi connectivity index (χ0v) is 15.2. The van der Waals surface area contributed by atoms with Gasteiger partial charge < -0.3 is 14.2 Å². The minimum atomic E-state index is -0.290. The molecule has 0 N–H and O–H groups in total. The molecule has 1 aromatic heterocycles. The van der Waals surface area contributed by atoms with E-state index in [9.17, 15) is 9.18 Å². The number of ether oxygens (including phenoxy) is 1. The number of carbonyl (C=O) groups excluding carboxylic acids is 1. The minimum Gasteiger partial charge on any atom is -0.489 e. The number of halogens is 1. The lowest BCUT2D eigenvalue weighted by atomic mass is 10.2. The van der Waals surface area contributed by atoms with Gasteiger partial charge in [-0.25, -0.2) is 4.39 Å². The van der Waals surface area contributed by atoms with Crippen LogP contribution in [0.15, 0.2) is 53.1 Å². The van der Waals surface area contributed by atoms with Crippen molar-refractivity contribution >= 4 is 5.91 Å². The number of benzene rings is 2. The number of hydrogen-bond acceptors (Lipinski definition) is 5. The molecule has 6 nitrogen and oxygen atoms in total. The highest BCUT2D eigenvalue weighted by atomic mass is 19.1. The molecule has 0 radical (unpaired) electrons. The Labute approximate surface area is 156 Å². The van der Waals surface area contributed by atoms with E-state index in [1.807, 2.05) is 6.92 Å². The Morgan fingerprint density at radius 2 is 2.00 bits per heavy atom. The van der Waals surface area contributed by atoms with Crippen LogP contribution in [0.25, 0.3) is 0 Å². The summed E-state index contributed by atoms with van der Waals surface area (Å²) in [4.78, 5) is 18.3. The van der Waals surface area contributed by atoms with Crippen molar-refractivity contribution in [3.8, 4) is 5.75 Å². The molecule has 3 rings (SSSR count). The molecule has 0 atom stereocenters. The van der Waals surface area contributed by atoms with E-state index in [-0.39, 0.29) is 24.9 Å². The average molecular weight is 369 g/mol. The maximum absolute atomic E-state index is 12.9. The molecule has 0 aliphatic carbocycles. The predicted molar refractivity (Wildman–Crippen MR) is 96.6 cm³/mol. The van der Waals surface area contributed by atoms with Gasteiger partial charge in [0.25, 0.3) is 5.91 Å². The predicted octanol–water partition coefficient (Wildman–Crippen LogP) is 3.62. The summed E-state index contributed by atoms with van der Waals surface area (Å²) in [7, 11) is 1.67. The first-order chi connectivity index (χ1) is 13.0. The molecule has 0 bridgehead atoms. The smallest absolute Gasteiger partial charge is 0.254 e. The number of aryl methyl sites for hydroxylation is 1. The summed E-state index contributed by atoms with van der Waals surface area (Å²) in [5.41, 5.74) is 1.33. The van der Waals surface area contributed by atoms with E-state index in [0.717, 1.165) is 5.56 Å². The first kappa shape index (κ1) is 18.6. The summed E-state index contributed by atoms with van der Waals surface area (Å²) in [6, 6.07) is 13.0. The van der Waals surface area contributed by atoms with E-state index in [2.05, 4.69) is 10.1 Å². The van der Waals surface area contributed by atoms with Crippen molar-refractivity contribution in [1.82, 2.24) is 15.0 Å². The highest BCUT2D eigenvalue weighted by Crippen LogP contribution is 2.17. The van der Waals surface area contributed by atoms with Gasteiger partial charge in [-0.3, -0.25) is 4.79 Å². The Kier molecular flexibility index (Phi) is 5.80. The number of hydrogen-bond donors (Lipinski definition) is 0.